The Kier molecular flexibility index (Phi) is 4.01. The van der Waals surface area contributed by atoms with E-state index in [-0.39, 0.29) is 5.91 Å². The molecular formula is C16H19N3O2. The molecule has 21 heavy (non-hydrogen) atoms. The summed E-state index contributed by atoms with van der Waals surface area (Å²) in [6.07, 6.45) is 6.69. The normalized spacial score (nSPS) is 15.9. The molecule has 0 spiro atoms. The lowest BCUT2D eigenvalue weighted by Gasteiger charge is -2.36. The molecule has 0 aliphatic carbocycles. The van der Waals surface area contributed by atoms with Gasteiger partial charge in [-0.25, -0.2) is 15.0 Å². The van der Waals surface area contributed by atoms with Gasteiger partial charge in [0.15, 0.2) is 11.6 Å². The number of piperidine rings is 1. The zero-order valence-corrected chi connectivity index (χ0v) is 12.2. The number of anilines is 1. The Hall–Kier alpha value is -2.14. The molecule has 5 heteroatoms. The number of hydrogen-bond acceptors (Lipinski definition) is 4. The van der Waals surface area contributed by atoms with Crippen LogP contribution in [-0.4, -0.2) is 29.0 Å². The SMILES string of the molecule is Cc1ccc(N(C(=O)c2ccco2)N2CCCCC2)nc1. The Labute approximate surface area is 124 Å². The largest absolute Gasteiger partial charge is 0.459 e. The second-order valence-corrected chi connectivity index (χ2v) is 5.30. The van der Waals surface area contributed by atoms with Crippen LogP contribution in [0.1, 0.15) is 35.4 Å². The fourth-order valence-electron chi connectivity index (χ4n) is 2.54. The van der Waals surface area contributed by atoms with Gasteiger partial charge in [-0.1, -0.05) is 12.5 Å². The van der Waals surface area contributed by atoms with Gasteiger partial charge in [-0.3, -0.25) is 4.79 Å². The number of hydrazine groups is 1. The molecule has 1 aliphatic heterocycles. The predicted molar refractivity (Wildman–Crippen MR) is 79.9 cm³/mol. The molecule has 1 fully saturated rings. The van der Waals surface area contributed by atoms with Crippen LogP contribution < -0.4 is 5.01 Å². The maximum Gasteiger partial charge on any atom is 0.309 e. The fourth-order valence-corrected chi connectivity index (χ4v) is 2.54. The summed E-state index contributed by atoms with van der Waals surface area (Å²) in [7, 11) is 0. The van der Waals surface area contributed by atoms with Gasteiger partial charge in [-0.15, -0.1) is 0 Å². The number of nitrogens with zero attached hydrogens (tertiary/aromatic N) is 3. The standard InChI is InChI=1S/C16H19N3O2/c1-13-7-8-15(17-12-13)19(18-9-3-2-4-10-18)16(20)14-6-5-11-21-14/h5-8,11-12H,2-4,9-10H2,1H3. The monoisotopic (exact) mass is 285 g/mol. The van der Waals surface area contributed by atoms with E-state index in [1.165, 1.54) is 12.7 Å². The second kappa shape index (κ2) is 6.10. The maximum absolute atomic E-state index is 12.7. The summed E-state index contributed by atoms with van der Waals surface area (Å²) in [5, 5.41) is 3.71. The molecule has 2 aromatic heterocycles. The van der Waals surface area contributed by atoms with E-state index in [1.807, 2.05) is 19.1 Å². The van der Waals surface area contributed by atoms with E-state index in [0.717, 1.165) is 31.5 Å². The van der Waals surface area contributed by atoms with Gasteiger partial charge in [0.2, 0.25) is 0 Å². The molecule has 0 atom stereocenters. The summed E-state index contributed by atoms with van der Waals surface area (Å²) in [5.41, 5.74) is 1.07. The van der Waals surface area contributed by atoms with Gasteiger partial charge in [-0.05, 0) is 43.5 Å². The molecule has 0 radical (unpaired) electrons. The van der Waals surface area contributed by atoms with Crippen LogP contribution in [0.4, 0.5) is 5.82 Å². The van der Waals surface area contributed by atoms with Crippen LogP contribution in [-0.2, 0) is 0 Å². The van der Waals surface area contributed by atoms with E-state index in [2.05, 4.69) is 9.99 Å². The number of carbonyl (C=O) groups is 1. The van der Waals surface area contributed by atoms with Gasteiger partial charge in [0.1, 0.15) is 0 Å². The van der Waals surface area contributed by atoms with Crippen molar-refractivity contribution in [1.82, 2.24) is 9.99 Å². The van der Waals surface area contributed by atoms with Crippen LogP contribution in [0.5, 0.6) is 0 Å². The van der Waals surface area contributed by atoms with Crippen molar-refractivity contribution < 1.29 is 9.21 Å². The summed E-state index contributed by atoms with van der Waals surface area (Å²) in [6.45, 7) is 3.71. The average Bonchev–Trinajstić information content (AvgIpc) is 3.05. The van der Waals surface area contributed by atoms with Crippen LogP contribution in [0.25, 0.3) is 0 Å². The Morgan fingerprint density at radius 1 is 1.24 bits per heavy atom. The summed E-state index contributed by atoms with van der Waals surface area (Å²) in [4.78, 5) is 17.1. The maximum atomic E-state index is 12.7. The summed E-state index contributed by atoms with van der Waals surface area (Å²) in [6, 6.07) is 7.26. The van der Waals surface area contributed by atoms with E-state index < -0.39 is 0 Å². The highest BCUT2D eigenvalue weighted by molar-refractivity contribution is 6.02. The molecule has 5 nitrogen and oxygen atoms in total. The Balaban J connectivity index is 1.93. The Morgan fingerprint density at radius 3 is 2.67 bits per heavy atom. The zero-order valence-electron chi connectivity index (χ0n) is 12.2. The number of aromatic nitrogens is 1. The van der Waals surface area contributed by atoms with E-state index >= 15 is 0 Å². The molecule has 0 aromatic carbocycles. The first kappa shape index (κ1) is 13.8. The van der Waals surface area contributed by atoms with E-state index in [0.29, 0.717) is 11.6 Å². The van der Waals surface area contributed by atoms with Crippen molar-refractivity contribution in [3.05, 3.63) is 48.0 Å². The quantitative estimate of drug-likeness (QED) is 0.869. The molecule has 3 rings (SSSR count). The van der Waals surface area contributed by atoms with Gasteiger partial charge in [-0.2, -0.15) is 0 Å². The summed E-state index contributed by atoms with van der Waals surface area (Å²) >= 11 is 0. The third-order valence-electron chi connectivity index (χ3n) is 3.65. The molecular weight excluding hydrogens is 266 g/mol. The molecule has 0 unspecified atom stereocenters. The molecule has 0 saturated carbocycles. The predicted octanol–water partition coefficient (Wildman–Crippen LogP) is 3.03. The number of carbonyl (C=O) groups excluding carboxylic acids is 1. The van der Waals surface area contributed by atoms with Gasteiger partial charge in [0, 0.05) is 19.3 Å². The van der Waals surface area contributed by atoms with E-state index in [9.17, 15) is 4.79 Å². The first-order valence-corrected chi connectivity index (χ1v) is 7.31. The van der Waals surface area contributed by atoms with Crippen LogP contribution >= 0.6 is 0 Å². The van der Waals surface area contributed by atoms with Gasteiger partial charge < -0.3 is 4.42 Å². The molecule has 1 saturated heterocycles. The van der Waals surface area contributed by atoms with Crippen molar-refractivity contribution in [1.29, 1.82) is 0 Å². The topological polar surface area (TPSA) is 49.6 Å². The number of hydrogen-bond donors (Lipinski definition) is 0. The fraction of sp³-hybridized carbons (Fsp3) is 0.375. The number of furan rings is 1. The van der Waals surface area contributed by atoms with Crippen molar-refractivity contribution in [2.45, 2.75) is 26.2 Å². The average molecular weight is 285 g/mol. The van der Waals surface area contributed by atoms with Gasteiger partial charge >= 0.3 is 5.91 Å². The van der Waals surface area contributed by atoms with Crippen molar-refractivity contribution in [2.75, 3.05) is 18.1 Å². The van der Waals surface area contributed by atoms with E-state index in [4.69, 9.17) is 4.42 Å². The second-order valence-electron chi connectivity index (χ2n) is 5.30. The lowest BCUT2D eigenvalue weighted by molar-refractivity contribution is 0.0842. The summed E-state index contributed by atoms with van der Waals surface area (Å²) in [5.74, 6) is 0.810. The Morgan fingerprint density at radius 2 is 2.05 bits per heavy atom. The van der Waals surface area contributed by atoms with Gasteiger partial charge in [0.25, 0.3) is 0 Å². The third kappa shape index (κ3) is 2.97. The highest BCUT2D eigenvalue weighted by Crippen LogP contribution is 2.21. The first-order chi connectivity index (χ1) is 10.3. The van der Waals surface area contributed by atoms with Crippen LogP contribution in [0.2, 0.25) is 0 Å². The minimum atomic E-state index is -0.168. The van der Waals surface area contributed by atoms with Crippen LogP contribution in [0, 0.1) is 6.92 Å². The van der Waals surface area contributed by atoms with Crippen molar-refractivity contribution in [3.8, 4) is 0 Å². The van der Waals surface area contributed by atoms with Crippen LogP contribution in [0.15, 0.2) is 41.1 Å². The third-order valence-corrected chi connectivity index (χ3v) is 3.65. The lowest BCUT2D eigenvalue weighted by atomic mass is 10.1. The zero-order chi connectivity index (χ0) is 14.7. The Bertz CT molecular complexity index is 586. The molecule has 3 heterocycles. The smallest absolute Gasteiger partial charge is 0.309 e. The minimum Gasteiger partial charge on any atom is -0.459 e. The lowest BCUT2D eigenvalue weighted by Crippen LogP contribution is -2.49. The number of amides is 1. The van der Waals surface area contributed by atoms with Crippen molar-refractivity contribution in [3.63, 3.8) is 0 Å². The highest BCUT2D eigenvalue weighted by Gasteiger charge is 2.28. The highest BCUT2D eigenvalue weighted by atomic mass is 16.3. The molecule has 2 aromatic rings. The number of aryl methyl sites for hydroxylation is 1. The molecule has 110 valence electrons. The first-order valence-electron chi connectivity index (χ1n) is 7.31. The number of pyridine rings is 1. The molecule has 1 amide bonds. The summed E-state index contributed by atoms with van der Waals surface area (Å²) < 4.78 is 5.27. The van der Waals surface area contributed by atoms with Gasteiger partial charge in [0.05, 0.1) is 6.26 Å². The molecule has 1 aliphatic rings. The number of rotatable bonds is 3. The van der Waals surface area contributed by atoms with Crippen LogP contribution in [0.3, 0.4) is 0 Å². The molecule has 0 bridgehead atoms. The van der Waals surface area contributed by atoms with E-state index in [1.54, 1.807) is 23.3 Å². The minimum absolute atomic E-state index is 0.168. The van der Waals surface area contributed by atoms with Crippen molar-refractivity contribution >= 4 is 11.7 Å². The van der Waals surface area contributed by atoms with Crippen molar-refractivity contribution in [2.24, 2.45) is 0 Å². The molecule has 0 N–H and O–H groups in total.